The fourth-order valence-corrected chi connectivity index (χ4v) is 3.76. The molecule has 0 aliphatic carbocycles. The molecule has 0 aliphatic heterocycles. The first-order valence-electron chi connectivity index (χ1n) is 8.48. The Labute approximate surface area is 160 Å². The molecule has 3 aromatic rings. The predicted octanol–water partition coefficient (Wildman–Crippen LogP) is 4.64. The second kappa shape index (κ2) is 8.56. The van der Waals surface area contributed by atoms with E-state index in [9.17, 15) is 8.42 Å². The van der Waals surface area contributed by atoms with Gasteiger partial charge in [-0.1, -0.05) is 54.6 Å². The summed E-state index contributed by atoms with van der Waals surface area (Å²) in [6.07, 6.45) is 1.75. The highest BCUT2D eigenvalue weighted by Crippen LogP contribution is 2.28. The molecule has 0 aliphatic rings. The lowest BCUT2D eigenvalue weighted by Gasteiger charge is -2.19. The van der Waals surface area contributed by atoms with Crippen molar-refractivity contribution < 1.29 is 13.2 Å². The predicted molar refractivity (Wildman–Crippen MR) is 107 cm³/mol. The van der Waals surface area contributed by atoms with Gasteiger partial charge in [-0.2, -0.15) is 0 Å². The molecule has 4 nitrogen and oxygen atoms in total. The Kier molecular flexibility index (Phi) is 5.94. The van der Waals surface area contributed by atoms with Crippen LogP contribution in [0.5, 0.6) is 5.75 Å². The molecule has 1 unspecified atom stereocenters. The van der Waals surface area contributed by atoms with E-state index in [4.69, 9.17) is 4.74 Å². The summed E-state index contributed by atoms with van der Waals surface area (Å²) in [4.78, 5) is 0.214. The van der Waals surface area contributed by atoms with Gasteiger partial charge < -0.3 is 4.74 Å². The van der Waals surface area contributed by atoms with Gasteiger partial charge in [0.2, 0.25) is 0 Å². The SMILES string of the molecule is C=CC(COc1c[c]ccc1)c1ccccc1NS(=O)(=O)c1ccccc1. The quantitative estimate of drug-likeness (QED) is 0.581. The summed E-state index contributed by atoms with van der Waals surface area (Å²) in [5.74, 6) is 0.520. The highest BCUT2D eigenvalue weighted by atomic mass is 32.2. The van der Waals surface area contributed by atoms with E-state index in [0.29, 0.717) is 18.0 Å². The third-order valence-corrected chi connectivity index (χ3v) is 5.43. The Morgan fingerprint density at radius 2 is 1.78 bits per heavy atom. The van der Waals surface area contributed by atoms with Gasteiger partial charge in [-0.3, -0.25) is 4.72 Å². The molecule has 3 aromatic carbocycles. The van der Waals surface area contributed by atoms with Gasteiger partial charge in [-0.05, 0) is 42.0 Å². The fraction of sp³-hybridized carbons (Fsp3) is 0.0909. The second-order valence-electron chi connectivity index (χ2n) is 5.90. The number of benzene rings is 3. The van der Waals surface area contributed by atoms with Crippen LogP contribution in [0.2, 0.25) is 0 Å². The molecule has 0 saturated heterocycles. The van der Waals surface area contributed by atoms with Crippen molar-refractivity contribution in [1.29, 1.82) is 0 Å². The first-order chi connectivity index (χ1) is 13.1. The average Bonchev–Trinajstić information content (AvgIpc) is 2.71. The van der Waals surface area contributed by atoms with Crippen LogP contribution in [0.3, 0.4) is 0 Å². The van der Waals surface area contributed by atoms with Crippen LogP contribution in [0.1, 0.15) is 11.5 Å². The van der Waals surface area contributed by atoms with Crippen molar-refractivity contribution >= 4 is 15.7 Å². The molecule has 27 heavy (non-hydrogen) atoms. The van der Waals surface area contributed by atoms with Crippen LogP contribution < -0.4 is 9.46 Å². The Hall–Kier alpha value is -3.05. The van der Waals surface area contributed by atoms with Crippen molar-refractivity contribution in [2.24, 2.45) is 0 Å². The topological polar surface area (TPSA) is 55.4 Å². The van der Waals surface area contributed by atoms with Crippen LogP contribution in [0.15, 0.2) is 96.4 Å². The summed E-state index contributed by atoms with van der Waals surface area (Å²) < 4.78 is 33.8. The minimum Gasteiger partial charge on any atom is -0.493 e. The van der Waals surface area contributed by atoms with Gasteiger partial charge in [0, 0.05) is 5.92 Å². The van der Waals surface area contributed by atoms with Crippen molar-refractivity contribution in [3.63, 3.8) is 0 Å². The zero-order chi connectivity index (χ0) is 19.1. The Bertz CT molecular complexity index is 986. The van der Waals surface area contributed by atoms with Gasteiger partial charge in [0.05, 0.1) is 17.2 Å². The van der Waals surface area contributed by atoms with Crippen molar-refractivity contribution in [3.05, 3.63) is 103 Å². The molecule has 137 valence electrons. The number of anilines is 1. The zero-order valence-electron chi connectivity index (χ0n) is 14.7. The molecule has 1 radical (unpaired) electrons. The van der Waals surface area contributed by atoms with Crippen LogP contribution in [-0.2, 0) is 10.0 Å². The maximum atomic E-state index is 12.7. The van der Waals surface area contributed by atoms with E-state index in [1.54, 1.807) is 60.7 Å². The Morgan fingerprint density at radius 1 is 1.04 bits per heavy atom. The molecule has 0 heterocycles. The minimum atomic E-state index is -3.67. The third-order valence-electron chi connectivity index (χ3n) is 4.05. The van der Waals surface area contributed by atoms with Gasteiger partial charge in [-0.15, -0.1) is 6.58 Å². The number of nitrogens with one attached hydrogen (secondary N) is 1. The molecule has 1 N–H and O–H groups in total. The van der Waals surface area contributed by atoms with Gasteiger partial charge in [0.25, 0.3) is 10.0 Å². The summed E-state index contributed by atoms with van der Waals surface area (Å²) in [7, 11) is -3.67. The third kappa shape index (κ3) is 4.77. The number of ether oxygens (including phenoxy) is 1. The number of hydrogen-bond donors (Lipinski definition) is 1. The highest BCUT2D eigenvalue weighted by Gasteiger charge is 2.19. The molecule has 0 bridgehead atoms. The smallest absolute Gasteiger partial charge is 0.261 e. The van der Waals surface area contributed by atoms with E-state index in [0.717, 1.165) is 5.56 Å². The van der Waals surface area contributed by atoms with Crippen molar-refractivity contribution in [2.45, 2.75) is 10.8 Å². The molecule has 0 fully saturated rings. The molecular weight excluding hydrogens is 358 g/mol. The fourth-order valence-electron chi connectivity index (χ4n) is 2.65. The van der Waals surface area contributed by atoms with Crippen molar-refractivity contribution in [1.82, 2.24) is 0 Å². The molecular formula is C22H20NO3S. The molecule has 0 saturated carbocycles. The normalized spacial score (nSPS) is 12.1. The molecule has 5 heteroatoms. The molecule has 1 atom stereocenters. The maximum Gasteiger partial charge on any atom is 0.261 e. The summed E-state index contributed by atoms with van der Waals surface area (Å²) >= 11 is 0. The molecule has 3 rings (SSSR count). The van der Waals surface area contributed by atoms with Crippen LogP contribution in [0, 0.1) is 6.07 Å². The largest absolute Gasteiger partial charge is 0.493 e. The van der Waals surface area contributed by atoms with E-state index in [-0.39, 0.29) is 10.8 Å². The molecule has 0 spiro atoms. The van der Waals surface area contributed by atoms with Gasteiger partial charge in [0.15, 0.2) is 0 Å². The van der Waals surface area contributed by atoms with E-state index in [2.05, 4.69) is 17.4 Å². The average molecular weight is 378 g/mol. The molecule has 0 aromatic heterocycles. The van der Waals surface area contributed by atoms with E-state index in [1.807, 2.05) is 24.3 Å². The summed E-state index contributed by atoms with van der Waals surface area (Å²) in [6, 6.07) is 25.8. The van der Waals surface area contributed by atoms with Crippen molar-refractivity contribution in [3.8, 4) is 5.75 Å². The summed E-state index contributed by atoms with van der Waals surface area (Å²) in [5, 5.41) is 0. The number of sulfonamides is 1. The summed E-state index contributed by atoms with van der Waals surface area (Å²) in [6.45, 7) is 4.22. The standard InChI is InChI=1S/C22H20NO3S/c1-2-18(17-26-19-11-5-3-6-12-19)21-15-9-10-16-22(21)23-27(24,25)20-13-7-4-8-14-20/h2-5,7-16,18,23H,1,17H2. The van der Waals surface area contributed by atoms with E-state index < -0.39 is 10.0 Å². The van der Waals surface area contributed by atoms with Crippen LogP contribution >= 0.6 is 0 Å². The monoisotopic (exact) mass is 378 g/mol. The van der Waals surface area contributed by atoms with Crippen LogP contribution in [-0.4, -0.2) is 15.0 Å². The number of rotatable bonds is 8. The van der Waals surface area contributed by atoms with Crippen LogP contribution in [0.4, 0.5) is 5.69 Å². The first kappa shape index (κ1) is 18.7. The van der Waals surface area contributed by atoms with Gasteiger partial charge >= 0.3 is 0 Å². The second-order valence-corrected chi connectivity index (χ2v) is 7.58. The highest BCUT2D eigenvalue weighted by molar-refractivity contribution is 7.92. The van der Waals surface area contributed by atoms with Gasteiger partial charge in [0.1, 0.15) is 5.75 Å². The summed E-state index contributed by atoms with van der Waals surface area (Å²) in [5.41, 5.74) is 1.31. The van der Waals surface area contributed by atoms with E-state index in [1.165, 1.54) is 0 Å². The van der Waals surface area contributed by atoms with E-state index >= 15 is 0 Å². The molecule has 0 amide bonds. The van der Waals surface area contributed by atoms with Crippen LogP contribution in [0.25, 0.3) is 0 Å². The van der Waals surface area contributed by atoms with Gasteiger partial charge in [-0.25, -0.2) is 8.42 Å². The number of hydrogen-bond acceptors (Lipinski definition) is 3. The Balaban J connectivity index is 1.83. The maximum absolute atomic E-state index is 12.7. The number of para-hydroxylation sites is 1. The zero-order valence-corrected chi connectivity index (χ0v) is 15.5. The lowest BCUT2D eigenvalue weighted by Crippen LogP contribution is -2.16. The first-order valence-corrected chi connectivity index (χ1v) is 9.97. The van der Waals surface area contributed by atoms with Crippen molar-refractivity contribution in [2.75, 3.05) is 11.3 Å². The minimum absolute atomic E-state index is 0.181. The lowest BCUT2D eigenvalue weighted by atomic mass is 9.98. The Morgan fingerprint density at radius 3 is 2.48 bits per heavy atom. The lowest BCUT2D eigenvalue weighted by molar-refractivity contribution is 0.306.